The summed E-state index contributed by atoms with van der Waals surface area (Å²) in [4.78, 5) is 10.7. The Bertz CT molecular complexity index is 1160. The van der Waals surface area contributed by atoms with Crippen molar-refractivity contribution in [1.82, 2.24) is 4.31 Å². The van der Waals surface area contributed by atoms with Crippen molar-refractivity contribution in [3.8, 4) is 0 Å². The molecule has 29 heavy (non-hydrogen) atoms. The molecule has 1 aliphatic rings. The third kappa shape index (κ3) is 3.64. The van der Waals surface area contributed by atoms with Crippen molar-refractivity contribution in [2.45, 2.75) is 23.9 Å². The van der Waals surface area contributed by atoms with Gasteiger partial charge in [0.25, 0.3) is 5.69 Å². The maximum Gasteiger partial charge on any atom is 0.269 e. The highest BCUT2D eigenvalue weighted by Gasteiger charge is 2.57. The van der Waals surface area contributed by atoms with Crippen LogP contribution in [0.25, 0.3) is 0 Å². The van der Waals surface area contributed by atoms with Crippen LogP contribution in [0.2, 0.25) is 5.02 Å². The fourth-order valence-electron chi connectivity index (χ4n) is 3.45. The highest BCUT2D eigenvalue weighted by Crippen LogP contribution is 2.58. The predicted octanol–water partition coefficient (Wildman–Crippen LogP) is 5.04. The van der Waals surface area contributed by atoms with Gasteiger partial charge in [0, 0.05) is 17.2 Å². The molecule has 4 rings (SSSR count). The Morgan fingerprint density at radius 3 is 1.83 bits per heavy atom. The fraction of sp³-hybridized carbons (Fsp3) is 0.143. The standard InChI is InChI=1S/C21H17ClN2O4S/c1-14-2-12-19(13-3-14)29(27,28)23-20(15-4-8-17(22)9-5-15)21(23)16-6-10-18(11-7-16)24(25)26/h2-13,20-21H,1H3/t20-,21-,23?/m0/s1. The van der Waals surface area contributed by atoms with Crippen molar-refractivity contribution in [2.75, 3.05) is 0 Å². The van der Waals surface area contributed by atoms with Crippen LogP contribution in [0, 0.1) is 17.0 Å². The van der Waals surface area contributed by atoms with Gasteiger partial charge in [-0.25, -0.2) is 8.42 Å². The summed E-state index contributed by atoms with van der Waals surface area (Å²) in [6, 6.07) is 18.9. The molecule has 1 saturated heterocycles. The van der Waals surface area contributed by atoms with Gasteiger partial charge in [0.1, 0.15) is 0 Å². The Morgan fingerprint density at radius 2 is 1.34 bits per heavy atom. The molecule has 0 N–H and O–H groups in total. The van der Waals surface area contributed by atoms with E-state index < -0.39 is 27.0 Å². The molecule has 0 radical (unpaired) electrons. The molecular formula is C21H17ClN2O4S. The van der Waals surface area contributed by atoms with Gasteiger partial charge in [-0.2, -0.15) is 4.31 Å². The summed E-state index contributed by atoms with van der Waals surface area (Å²) in [6.07, 6.45) is 0. The molecule has 1 heterocycles. The van der Waals surface area contributed by atoms with Gasteiger partial charge in [-0.3, -0.25) is 10.1 Å². The molecule has 1 unspecified atom stereocenters. The van der Waals surface area contributed by atoms with Crippen LogP contribution in [0.1, 0.15) is 28.8 Å². The van der Waals surface area contributed by atoms with Crippen LogP contribution in [0.4, 0.5) is 5.69 Å². The van der Waals surface area contributed by atoms with E-state index in [9.17, 15) is 18.5 Å². The Labute approximate surface area is 173 Å². The van der Waals surface area contributed by atoms with E-state index in [0.717, 1.165) is 11.1 Å². The molecule has 0 spiro atoms. The van der Waals surface area contributed by atoms with E-state index in [1.807, 2.05) is 6.92 Å². The summed E-state index contributed by atoms with van der Waals surface area (Å²) in [7, 11) is -3.75. The molecule has 0 aliphatic carbocycles. The first-order valence-corrected chi connectivity index (χ1v) is 10.7. The molecule has 1 fully saturated rings. The third-order valence-corrected chi connectivity index (χ3v) is 7.14. The molecule has 0 amide bonds. The van der Waals surface area contributed by atoms with E-state index in [1.165, 1.54) is 16.4 Å². The Kier molecular flexibility index (Phi) is 4.90. The first kappa shape index (κ1) is 19.6. The lowest BCUT2D eigenvalue weighted by molar-refractivity contribution is -0.384. The van der Waals surface area contributed by atoms with Crippen molar-refractivity contribution in [1.29, 1.82) is 0 Å². The highest BCUT2D eigenvalue weighted by atomic mass is 35.5. The zero-order valence-electron chi connectivity index (χ0n) is 15.4. The van der Waals surface area contributed by atoms with Crippen LogP contribution < -0.4 is 0 Å². The number of benzene rings is 3. The van der Waals surface area contributed by atoms with Crippen LogP contribution in [0.3, 0.4) is 0 Å². The number of nitrogens with zero attached hydrogens (tertiary/aromatic N) is 2. The minimum Gasteiger partial charge on any atom is -0.258 e. The summed E-state index contributed by atoms with van der Waals surface area (Å²) in [5.41, 5.74) is 2.45. The number of sulfonamides is 1. The second-order valence-corrected chi connectivity index (χ2v) is 9.22. The molecular weight excluding hydrogens is 412 g/mol. The van der Waals surface area contributed by atoms with E-state index >= 15 is 0 Å². The third-order valence-electron chi connectivity index (χ3n) is 5.01. The lowest BCUT2D eigenvalue weighted by Gasteiger charge is -2.08. The molecule has 8 heteroatoms. The molecule has 3 atom stereocenters. The number of rotatable bonds is 5. The fourth-order valence-corrected chi connectivity index (χ4v) is 5.32. The second kappa shape index (κ2) is 7.26. The summed E-state index contributed by atoms with van der Waals surface area (Å²) < 4.78 is 28.0. The predicted molar refractivity (Wildman–Crippen MR) is 110 cm³/mol. The molecule has 0 aromatic heterocycles. The van der Waals surface area contributed by atoms with Gasteiger partial charge < -0.3 is 0 Å². The number of hydrogen-bond donors (Lipinski definition) is 0. The average molecular weight is 429 g/mol. The second-order valence-electron chi connectivity index (χ2n) is 6.94. The number of halogens is 1. The summed E-state index contributed by atoms with van der Waals surface area (Å²) in [6.45, 7) is 1.89. The quantitative estimate of drug-likeness (QED) is 0.324. The van der Waals surface area contributed by atoms with Crippen molar-refractivity contribution < 1.29 is 13.3 Å². The molecule has 3 aromatic rings. The SMILES string of the molecule is Cc1ccc(S(=O)(=O)N2[C@@H](c3ccc(Cl)cc3)[C@@H]2c2ccc([N+](=O)[O-])cc2)cc1. The maximum absolute atomic E-state index is 13.3. The van der Waals surface area contributed by atoms with E-state index in [2.05, 4.69) is 0 Å². The van der Waals surface area contributed by atoms with Gasteiger partial charge in [-0.05, 0) is 42.3 Å². The van der Waals surface area contributed by atoms with Gasteiger partial charge in [0.15, 0.2) is 0 Å². The first-order chi connectivity index (χ1) is 13.8. The zero-order valence-corrected chi connectivity index (χ0v) is 17.0. The van der Waals surface area contributed by atoms with Crippen LogP contribution in [-0.4, -0.2) is 17.6 Å². The number of nitro groups is 1. The minimum atomic E-state index is -3.75. The summed E-state index contributed by atoms with van der Waals surface area (Å²) in [5.74, 6) is 0. The van der Waals surface area contributed by atoms with Crippen LogP contribution >= 0.6 is 11.6 Å². The van der Waals surface area contributed by atoms with Crippen LogP contribution in [-0.2, 0) is 10.0 Å². The summed E-state index contributed by atoms with van der Waals surface area (Å²) in [5, 5.41) is 11.5. The normalized spacial score (nSPS) is 21.0. The lowest BCUT2D eigenvalue weighted by Crippen LogP contribution is -2.13. The first-order valence-electron chi connectivity index (χ1n) is 8.89. The Hall–Kier alpha value is -2.74. The maximum atomic E-state index is 13.3. The van der Waals surface area contributed by atoms with Gasteiger partial charge in [-0.15, -0.1) is 0 Å². The topological polar surface area (TPSA) is 80.3 Å². The zero-order chi connectivity index (χ0) is 20.8. The van der Waals surface area contributed by atoms with Crippen LogP contribution in [0.5, 0.6) is 0 Å². The van der Waals surface area contributed by atoms with Crippen molar-refractivity contribution >= 4 is 27.3 Å². The van der Waals surface area contributed by atoms with Gasteiger partial charge in [0.2, 0.25) is 10.0 Å². The minimum absolute atomic E-state index is 0.0367. The van der Waals surface area contributed by atoms with Gasteiger partial charge in [0.05, 0.1) is 21.9 Å². The van der Waals surface area contributed by atoms with Crippen molar-refractivity contribution in [3.63, 3.8) is 0 Å². The number of non-ortho nitro benzene ring substituents is 1. The molecule has 0 saturated carbocycles. The Morgan fingerprint density at radius 1 is 0.862 bits per heavy atom. The molecule has 3 aromatic carbocycles. The molecule has 0 bridgehead atoms. The largest absolute Gasteiger partial charge is 0.269 e. The van der Waals surface area contributed by atoms with E-state index in [1.54, 1.807) is 60.7 Å². The van der Waals surface area contributed by atoms with Crippen molar-refractivity contribution in [3.05, 3.63) is 105 Å². The number of aryl methyl sites for hydroxylation is 1. The van der Waals surface area contributed by atoms with E-state index in [4.69, 9.17) is 11.6 Å². The number of nitro benzene ring substituents is 1. The monoisotopic (exact) mass is 428 g/mol. The van der Waals surface area contributed by atoms with E-state index in [-0.39, 0.29) is 10.6 Å². The molecule has 1 aliphatic heterocycles. The van der Waals surface area contributed by atoms with Crippen LogP contribution in [0.15, 0.2) is 77.7 Å². The van der Waals surface area contributed by atoms with Crippen molar-refractivity contribution in [2.24, 2.45) is 0 Å². The van der Waals surface area contributed by atoms with E-state index in [0.29, 0.717) is 10.6 Å². The average Bonchev–Trinajstić information content (AvgIpc) is 3.45. The highest BCUT2D eigenvalue weighted by molar-refractivity contribution is 7.89. The lowest BCUT2D eigenvalue weighted by atomic mass is 10.0. The molecule has 148 valence electrons. The smallest absolute Gasteiger partial charge is 0.258 e. The van der Waals surface area contributed by atoms with Gasteiger partial charge >= 0.3 is 0 Å². The van der Waals surface area contributed by atoms with Gasteiger partial charge in [-0.1, -0.05) is 53.6 Å². The number of hydrogen-bond acceptors (Lipinski definition) is 4. The molecule has 6 nitrogen and oxygen atoms in total. The Balaban J connectivity index is 1.75. The summed E-state index contributed by atoms with van der Waals surface area (Å²) >= 11 is 5.98.